The van der Waals surface area contributed by atoms with Crippen molar-refractivity contribution in [1.82, 2.24) is 10.3 Å². The zero-order chi connectivity index (χ0) is 15.7. The molecule has 0 aliphatic heterocycles. The molecule has 0 unspecified atom stereocenters. The van der Waals surface area contributed by atoms with Crippen LogP contribution in [-0.4, -0.2) is 30.2 Å². The SMILES string of the molecule is CCCCOC(=O)COc1ccc(C)nc1CNC(C)C. The number of hydrogen-bond donors (Lipinski definition) is 1. The third kappa shape index (κ3) is 7.09. The first-order valence-electron chi connectivity index (χ1n) is 7.51. The second kappa shape index (κ2) is 9.34. The lowest BCUT2D eigenvalue weighted by Gasteiger charge is -2.13. The van der Waals surface area contributed by atoms with Crippen molar-refractivity contribution < 1.29 is 14.3 Å². The van der Waals surface area contributed by atoms with Crippen molar-refractivity contribution in [2.75, 3.05) is 13.2 Å². The fourth-order valence-electron chi connectivity index (χ4n) is 1.67. The highest BCUT2D eigenvalue weighted by molar-refractivity contribution is 5.71. The van der Waals surface area contributed by atoms with E-state index >= 15 is 0 Å². The molecular weight excluding hydrogens is 268 g/mol. The van der Waals surface area contributed by atoms with E-state index in [0.717, 1.165) is 24.2 Å². The number of carbonyl (C=O) groups excluding carboxylic acids is 1. The zero-order valence-electron chi connectivity index (χ0n) is 13.4. The standard InChI is InChI=1S/C16H26N2O3/c1-5-6-9-20-16(19)11-21-15-8-7-13(4)18-14(15)10-17-12(2)3/h7-8,12,17H,5-6,9-11H2,1-4H3. The highest BCUT2D eigenvalue weighted by Crippen LogP contribution is 2.17. The van der Waals surface area contributed by atoms with Crippen molar-refractivity contribution in [3.63, 3.8) is 0 Å². The van der Waals surface area contributed by atoms with Crippen LogP contribution in [0.5, 0.6) is 5.75 Å². The van der Waals surface area contributed by atoms with Gasteiger partial charge >= 0.3 is 5.97 Å². The van der Waals surface area contributed by atoms with Crippen LogP contribution in [0.2, 0.25) is 0 Å². The summed E-state index contributed by atoms with van der Waals surface area (Å²) in [6, 6.07) is 4.08. The quantitative estimate of drug-likeness (QED) is 0.560. The van der Waals surface area contributed by atoms with Gasteiger partial charge in [-0.15, -0.1) is 0 Å². The lowest BCUT2D eigenvalue weighted by molar-refractivity contribution is -0.146. The summed E-state index contributed by atoms with van der Waals surface area (Å²) in [6.07, 6.45) is 1.88. The number of pyridine rings is 1. The van der Waals surface area contributed by atoms with Gasteiger partial charge in [-0.2, -0.15) is 0 Å². The maximum atomic E-state index is 11.6. The van der Waals surface area contributed by atoms with Crippen molar-refractivity contribution in [2.24, 2.45) is 0 Å². The van der Waals surface area contributed by atoms with E-state index in [4.69, 9.17) is 9.47 Å². The molecular formula is C16H26N2O3. The second-order valence-electron chi connectivity index (χ2n) is 5.30. The predicted octanol–water partition coefficient (Wildman–Crippen LogP) is 2.61. The Morgan fingerprint density at radius 3 is 2.81 bits per heavy atom. The fraction of sp³-hybridized carbons (Fsp3) is 0.625. The monoisotopic (exact) mass is 294 g/mol. The number of carbonyl (C=O) groups is 1. The van der Waals surface area contributed by atoms with Gasteiger partial charge in [0.25, 0.3) is 0 Å². The van der Waals surface area contributed by atoms with Crippen molar-refractivity contribution in [3.05, 3.63) is 23.5 Å². The molecule has 21 heavy (non-hydrogen) atoms. The average molecular weight is 294 g/mol. The van der Waals surface area contributed by atoms with Crippen LogP contribution in [-0.2, 0) is 16.1 Å². The molecule has 0 saturated heterocycles. The molecule has 0 aliphatic rings. The summed E-state index contributed by atoms with van der Waals surface area (Å²) in [6.45, 7) is 9.11. The van der Waals surface area contributed by atoms with Gasteiger partial charge in [-0.3, -0.25) is 4.98 Å². The van der Waals surface area contributed by atoms with Crippen molar-refractivity contribution in [3.8, 4) is 5.75 Å². The normalized spacial score (nSPS) is 10.7. The minimum atomic E-state index is -0.341. The van der Waals surface area contributed by atoms with Crippen LogP contribution in [0.15, 0.2) is 12.1 Å². The van der Waals surface area contributed by atoms with E-state index < -0.39 is 0 Å². The number of hydrogen-bond acceptors (Lipinski definition) is 5. The predicted molar refractivity (Wildman–Crippen MR) is 82.3 cm³/mol. The number of nitrogens with one attached hydrogen (secondary N) is 1. The summed E-state index contributed by atoms with van der Waals surface area (Å²) in [4.78, 5) is 16.0. The molecule has 5 nitrogen and oxygen atoms in total. The zero-order valence-corrected chi connectivity index (χ0v) is 13.4. The maximum Gasteiger partial charge on any atom is 0.344 e. The Kier molecular flexibility index (Phi) is 7.75. The molecule has 0 bridgehead atoms. The second-order valence-corrected chi connectivity index (χ2v) is 5.30. The number of esters is 1. The highest BCUT2D eigenvalue weighted by Gasteiger charge is 2.10. The molecule has 0 spiro atoms. The Balaban J connectivity index is 2.55. The Morgan fingerprint density at radius 2 is 2.14 bits per heavy atom. The van der Waals surface area contributed by atoms with Crippen LogP contribution < -0.4 is 10.1 Å². The average Bonchev–Trinajstić information content (AvgIpc) is 2.44. The van der Waals surface area contributed by atoms with E-state index in [0.29, 0.717) is 24.9 Å². The van der Waals surface area contributed by atoms with Gasteiger partial charge in [0, 0.05) is 18.3 Å². The summed E-state index contributed by atoms with van der Waals surface area (Å²) in [7, 11) is 0. The first-order valence-corrected chi connectivity index (χ1v) is 7.51. The van der Waals surface area contributed by atoms with Gasteiger partial charge in [0.15, 0.2) is 6.61 Å². The Bertz CT molecular complexity index is 447. The summed E-state index contributed by atoms with van der Waals surface area (Å²) in [5, 5.41) is 3.30. The summed E-state index contributed by atoms with van der Waals surface area (Å²) in [5.41, 5.74) is 1.73. The first-order chi connectivity index (χ1) is 10.0. The number of nitrogens with zero attached hydrogens (tertiary/aromatic N) is 1. The number of rotatable bonds is 9. The van der Waals surface area contributed by atoms with Crippen molar-refractivity contribution in [1.29, 1.82) is 0 Å². The number of aromatic nitrogens is 1. The molecule has 0 radical (unpaired) electrons. The van der Waals surface area contributed by atoms with Gasteiger partial charge in [0.05, 0.1) is 12.3 Å². The van der Waals surface area contributed by atoms with E-state index in [-0.39, 0.29) is 12.6 Å². The van der Waals surface area contributed by atoms with E-state index in [1.165, 1.54) is 0 Å². The summed E-state index contributed by atoms with van der Waals surface area (Å²) < 4.78 is 10.6. The molecule has 0 aliphatic carbocycles. The lowest BCUT2D eigenvalue weighted by atomic mass is 10.2. The molecule has 0 fully saturated rings. The van der Waals surface area contributed by atoms with Crippen molar-refractivity contribution in [2.45, 2.75) is 53.1 Å². The van der Waals surface area contributed by atoms with E-state index in [2.05, 4.69) is 31.1 Å². The number of aryl methyl sites for hydroxylation is 1. The summed E-state index contributed by atoms with van der Waals surface area (Å²) in [5.74, 6) is 0.285. The Morgan fingerprint density at radius 1 is 1.38 bits per heavy atom. The third-order valence-corrected chi connectivity index (χ3v) is 2.86. The molecule has 0 aromatic carbocycles. The number of unbranched alkanes of at least 4 members (excludes halogenated alkanes) is 1. The van der Waals surface area contributed by atoms with Crippen LogP contribution in [0, 0.1) is 6.92 Å². The molecule has 1 rings (SSSR count). The van der Waals surface area contributed by atoms with Crippen LogP contribution in [0.4, 0.5) is 0 Å². The molecule has 1 aromatic rings. The smallest absolute Gasteiger partial charge is 0.344 e. The lowest BCUT2D eigenvalue weighted by Crippen LogP contribution is -2.23. The molecule has 1 heterocycles. The van der Waals surface area contributed by atoms with Gasteiger partial charge in [0.1, 0.15) is 5.75 Å². The third-order valence-electron chi connectivity index (χ3n) is 2.86. The molecule has 1 N–H and O–H groups in total. The molecule has 1 aromatic heterocycles. The molecule has 5 heteroatoms. The van der Waals surface area contributed by atoms with Crippen LogP contribution in [0.3, 0.4) is 0 Å². The molecule has 0 atom stereocenters. The minimum absolute atomic E-state index is 0.0802. The molecule has 0 amide bonds. The van der Waals surface area contributed by atoms with Gasteiger partial charge in [-0.05, 0) is 25.5 Å². The van der Waals surface area contributed by atoms with E-state index in [9.17, 15) is 4.79 Å². The fourth-order valence-corrected chi connectivity index (χ4v) is 1.67. The Labute approximate surface area is 127 Å². The van der Waals surface area contributed by atoms with E-state index in [1.807, 2.05) is 19.1 Å². The van der Waals surface area contributed by atoms with E-state index in [1.54, 1.807) is 0 Å². The van der Waals surface area contributed by atoms with Gasteiger partial charge in [-0.1, -0.05) is 27.2 Å². The molecule has 0 saturated carbocycles. The van der Waals surface area contributed by atoms with Gasteiger partial charge in [-0.25, -0.2) is 4.79 Å². The van der Waals surface area contributed by atoms with Crippen LogP contribution >= 0.6 is 0 Å². The summed E-state index contributed by atoms with van der Waals surface area (Å²) >= 11 is 0. The highest BCUT2D eigenvalue weighted by atomic mass is 16.6. The largest absolute Gasteiger partial charge is 0.480 e. The maximum absolute atomic E-state index is 11.6. The van der Waals surface area contributed by atoms with Crippen LogP contribution in [0.25, 0.3) is 0 Å². The topological polar surface area (TPSA) is 60.5 Å². The van der Waals surface area contributed by atoms with Crippen molar-refractivity contribution >= 4 is 5.97 Å². The van der Waals surface area contributed by atoms with Gasteiger partial charge < -0.3 is 14.8 Å². The molecule has 118 valence electrons. The number of ether oxygens (including phenoxy) is 2. The first kappa shape index (κ1) is 17.4. The Hall–Kier alpha value is -1.62. The van der Waals surface area contributed by atoms with Gasteiger partial charge in [0.2, 0.25) is 0 Å². The minimum Gasteiger partial charge on any atom is -0.480 e. The van der Waals surface area contributed by atoms with Crippen LogP contribution in [0.1, 0.15) is 45.0 Å².